The van der Waals surface area contributed by atoms with E-state index in [9.17, 15) is 9.59 Å². The number of anilines is 2. The number of carbonyl (C=O) groups is 2. The zero-order valence-electron chi connectivity index (χ0n) is 19.6. The first kappa shape index (κ1) is 22.7. The van der Waals surface area contributed by atoms with E-state index < -0.39 is 12.3 Å². The number of fused-ring (bicyclic) bond motifs is 1. The maximum absolute atomic E-state index is 12.9. The second-order valence-electron chi connectivity index (χ2n) is 8.60. The summed E-state index contributed by atoms with van der Waals surface area (Å²) in [5, 5.41) is 16.9. The molecule has 0 radical (unpaired) electrons. The Balaban J connectivity index is 1.41. The molecule has 10 nitrogen and oxygen atoms in total. The Bertz CT molecular complexity index is 1230. The highest BCUT2D eigenvalue weighted by molar-refractivity contribution is 5.99. The topological polar surface area (TPSA) is 119 Å². The van der Waals surface area contributed by atoms with Crippen LogP contribution in [0, 0.1) is 5.92 Å². The van der Waals surface area contributed by atoms with Gasteiger partial charge in [0.1, 0.15) is 5.82 Å². The summed E-state index contributed by atoms with van der Waals surface area (Å²) in [7, 11) is 3.08. The number of carbonyl (C=O) groups excluding carboxylic acids is 2. The summed E-state index contributed by atoms with van der Waals surface area (Å²) in [6, 6.07) is 16.2. The molecular formula is C25H28N6O4. The molecule has 1 aromatic heterocycles. The van der Waals surface area contributed by atoms with E-state index in [0.717, 1.165) is 24.8 Å². The molecule has 3 unspecified atom stereocenters. The Kier molecular flexibility index (Phi) is 6.28. The highest BCUT2D eigenvalue weighted by Gasteiger charge is 2.40. The predicted molar refractivity (Wildman–Crippen MR) is 131 cm³/mol. The van der Waals surface area contributed by atoms with Gasteiger partial charge in [0.2, 0.25) is 5.91 Å². The number of ether oxygens (including phenoxy) is 2. The van der Waals surface area contributed by atoms with Gasteiger partial charge in [-0.25, -0.2) is 9.48 Å². The van der Waals surface area contributed by atoms with Gasteiger partial charge in [0.15, 0.2) is 17.8 Å². The SMILES string of the molecule is COc1ccc(NC(=O)Nc2cc(-c3ccccc3)nn2C2NC(=O)C3CCCC3N2)cc1OC. The second kappa shape index (κ2) is 9.67. The van der Waals surface area contributed by atoms with Crippen LogP contribution in [0.25, 0.3) is 11.3 Å². The summed E-state index contributed by atoms with van der Waals surface area (Å²) in [6.45, 7) is 0. The number of nitrogens with zero attached hydrogens (tertiary/aromatic N) is 2. The molecule has 4 N–H and O–H groups in total. The Morgan fingerprint density at radius 3 is 2.60 bits per heavy atom. The van der Waals surface area contributed by atoms with Gasteiger partial charge in [0, 0.05) is 29.4 Å². The van der Waals surface area contributed by atoms with Crippen molar-refractivity contribution in [3.63, 3.8) is 0 Å². The number of aromatic nitrogens is 2. The number of benzene rings is 2. The van der Waals surface area contributed by atoms with Gasteiger partial charge in [-0.05, 0) is 25.0 Å². The van der Waals surface area contributed by atoms with Crippen LogP contribution in [-0.4, -0.2) is 42.0 Å². The molecule has 1 saturated heterocycles. The van der Waals surface area contributed by atoms with E-state index in [4.69, 9.17) is 14.6 Å². The van der Waals surface area contributed by atoms with Crippen LogP contribution < -0.4 is 30.7 Å². The van der Waals surface area contributed by atoms with Crippen molar-refractivity contribution in [3.8, 4) is 22.8 Å². The van der Waals surface area contributed by atoms with Gasteiger partial charge in [-0.3, -0.25) is 15.4 Å². The van der Waals surface area contributed by atoms with E-state index in [1.165, 1.54) is 7.11 Å². The maximum Gasteiger partial charge on any atom is 0.324 e. The standard InChI is InChI=1S/C25H28N6O4/c1-34-20-12-11-16(13-21(20)35-2)26-25(33)28-22-14-19(15-7-4-3-5-8-15)30-31(22)24-27-18-10-6-9-17(18)23(32)29-24/h3-5,7-8,11-14,17-18,24,27H,6,9-10H2,1-2H3,(H,29,32)(H2,26,28,33). The molecule has 0 bridgehead atoms. The molecule has 35 heavy (non-hydrogen) atoms. The number of hydrogen-bond acceptors (Lipinski definition) is 6. The minimum absolute atomic E-state index is 0.00809. The molecular weight excluding hydrogens is 448 g/mol. The molecule has 10 heteroatoms. The monoisotopic (exact) mass is 476 g/mol. The quantitative estimate of drug-likeness (QED) is 0.432. The summed E-state index contributed by atoms with van der Waals surface area (Å²) < 4.78 is 12.2. The smallest absolute Gasteiger partial charge is 0.324 e. The van der Waals surface area contributed by atoms with Crippen LogP contribution in [0.15, 0.2) is 54.6 Å². The molecule has 1 saturated carbocycles. The summed E-state index contributed by atoms with van der Waals surface area (Å²) in [4.78, 5) is 25.6. The van der Waals surface area contributed by atoms with E-state index >= 15 is 0 Å². The van der Waals surface area contributed by atoms with Crippen LogP contribution in [0.3, 0.4) is 0 Å². The third kappa shape index (κ3) is 4.65. The lowest BCUT2D eigenvalue weighted by Crippen LogP contribution is -2.57. The van der Waals surface area contributed by atoms with E-state index in [1.807, 2.05) is 30.3 Å². The van der Waals surface area contributed by atoms with Gasteiger partial charge < -0.3 is 20.1 Å². The minimum Gasteiger partial charge on any atom is -0.493 e. The molecule has 3 aromatic rings. The van der Waals surface area contributed by atoms with E-state index in [-0.39, 0.29) is 17.9 Å². The van der Waals surface area contributed by atoms with Crippen LogP contribution in [0.5, 0.6) is 11.5 Å². The number of amides is 3. The van der Waals surface area contributed by atoms with Crippen LogP contribution in [0.1, 0.15) is 25.6 Å². The molecule has 182 valence electrons. The molecule has 3 atom stereocenters. The summed E-state index contributed by atoms with van der Waals surface area (Å²) in [5.74, 6) is 1.49. The fraction of sp³-hybridized carbons (Fsp3) is 0.320. The number of urea groups is 1. The zero-order valence-corrected chi connectivity index (χ0v) is 19.6. The van der Waals surface area contributed by atoms with Crippen molar-refractivity contribution in [2.75, 3.05) is 24.9 Å². The van der Waals surface area contributed by atoms with Gasteiger partial charge in [0.25, 0.3) is 0 Å². The van der Waals surface area contributed by atoms with Gasteiger partial charge in [-0.1, -0.05) is 36.8 Å². The first-order chi connectivity index (χ1) is 17.1. The lowest BCUT2D eigenvalue weighted by molar-refractivity contribution is -0.130. The summed E-state index contributed by atoms with van der Waals surface area (Å²) in [6.07, 6.45) is 2.25. The van der Waals surface area contributed by atoms with Crippen LogP contribution in [0.2, 0.25) is 0 Å². The largest absolute Gasteiger partial charge is 0.493 e. The highest BCUT2D eigenvalue weighted by Crippen LogP contribution is 2.32. The summed E-state index contributed by atoms with van der Waals surface area (Å²) in [5.41, 5.74) is 2.11. The minimum atomic E-state index is -0.573. The van der Waals surface area contributed by atoms with Crippen molar-refractivity contribution >= 4 is 23.4 Å². The lowest BCUT2D eigenvalue weighted by atomic mass is 10.0. The van der Waals surface area contributed by atoms with Gasteiger partial charge >= 0.3 is 6.03 Å². The van der Waals surface area contributed by atoms with Crippen molar-refractivity contribution < 1.29 is 19.1 Å². The van der Waals surface area contributed by atoms with E-state index in [2.05, 4.69) is 21.3 Å². The molecule has 1 aliphatic heterocycles. The van der Waals surface area contributed by atoms with E-state index in [0.29, 0.717) is 28.7 Å². The normalized spacial score (nSPS) is 21.1. The van der Waals surface area contributed by atoms with Gasteiger partial charge in [0.05, 0.1) is 25.8 Å². The molecule has 2 heterocycles. The molecule has 3 amide bonds. The first-order valence-corrected chi connectivity index (χ1v) is 11.6. The maximum atomic E-state index is 12.9. The second-order valence-corrected chi connectivity index (χ2v) is 8.60. The molecule has 5 rings (SSSR count). The third-order valence-corrected chi connectivity index (χ3v) is 6.44. The fourth-order valence-corrected chi connectivity index (χ4v) is 4.72. The zero-order chi connectivity index (χ0) is 24.4. The number of nitrogens with one attached hydrogen (secondary N) is 4. The van der Waals surface area contributed by atoms with Crippen molar-refractivity contribution in [1.82, 2.24) is 20.4 Å². The molecule has 0 spiro atoms. The molecule has 2 aromatic carbocycles. The van der Waals surface area contributed by atoms with Crippen molar-refractivity contribution in [2.24, 2.45) is 5.92 Å². The van der Waals surface area contributed by atoms with Crippen LogP contribution in [0.4, 0.5) is 16.3 Å². The fourth-order valence-electron chi connectivity index (χ4n) is 4.72. The lowest BCUT2D eigenvalue weighted by Gasteiger charge is -2.34. The van der Waals surface area contributed by atoms with Crippen molar-refractivity contribution in [2.45, 2.75) is 31.6 Å². The summed E-state index contributed by atoms with van der Waals surface area (Å²) >= 11 is 0. The van der Waals surface area contributed by atoms with Crippen molar-refractivity contribution in [1.29, 1.82) is 0 Å². The van der Waals surface area contributed by atoms with Crippen LogP contribution >= 0.6 is 0 Å². The Morgan fingerprint density at radius 1 is 1.03 bits per heavy atom. The number of rotatable bonds is 6. The third-order valence-electron chi connectivity index (χ3n) is 6.44. The average Bonchev–Trinajstić information content (AvgIpc) is 3.52. The van der Waals surface area contributed by atoms with Gasteiger partial charge in [-0.15, -0.1) is 0 Å². The number of hydrogen-bond donors (Lipinski definition) is 4. The van der Waals surface area contributed by atoms with Crippen molar-refractivity contribution in [3.05, 3.63) is 54.6 Å². The Hall–Kier alpha value is -4.05. The average molecular weight is 477 g/mol. The van der Waals surface area contributed by atoms with E-state index in [1.54, 1.807) is 36.1 Å². The Labute approximate surface area is 203 Å². The number of methoxy groups -OCH3 is 2. The molecule has 1 aliphatic carbocycles. The predicted octanol–water partition coefficient (Wildman–Crippen LogP) is 3.56. The Morgan fingerprint density at radius 2 is 1.83 bits per heavy atom. The van der Waals surface area contributed by atoms with Gasteiger partial charge in [-0.2, -0.15) is 5.10 Å². The van der Waals surface area contributed by atoms with Crippen LogP contribution in [-0.2, 0) is 4.79 Å². The molecule has 2 aliphatic rings. The highest BCUT2D eigenvalue weighted by atomic mass is 16.5. The first-order valence-electron chi connectivity index (χ1n) is 11.6. The molecule has 2 fully saturated rings.